The normalized spacial score (nSPS) is 26.7. The van der Waals surface area contributed by atoms with E-state index in [0.29, 0.717) is 5.75 Å². The highest BCUT2D eigenvalue weighted by atomic mass is 16.3. The summed E-state index contributed by atoms with van der Waals surface area (Å²) in [5.41, 5.74) is 1.17. The summed E-state index contributed by atoms with van der Waals surface area (Å²) in [5, 5.41) is 8.76. The van der Waals surface area contributed by atoms with Crippen LogP contribution in [-0.2, 0) is 0 Å². The lowest BCUT2D eigenvalue weighted by molar-refractivity contribution is 0.171. The zero-order valence-corrected chi connectivity index (χ0v) is 11.6. The maximum absolute atomic E-state index is 8.76. The van der Waals surface area contributed by atoms with Gasteiger partial charge in [0.25, 0.3) is 0 Å². The molecule has 0 bridgehead atoms. The van der Waals surface area contributed by atoms with Gasteiger partial charge in [0.2, 0.25) is 0 Å². The third-order valence-electron chi connectivity index (χ3n) is 4.50. The van der Waals surface area contributed by atoms with Gasteiger partial charge in [-0.25, -0.2) is 0 Å². The van der Waals surface area contributed by atoms with Crippen LogP contribution in [0.15, 0.2) is 24.3 Å². The van der Waals surface area contributed by atoms with Gasteiger partial charge in [-0.1, -0.05) is 69.1 Å². The van der Waals surface area contributed by atoms with Crippen LogP contribution in [-0.4, -0.2) is 5.11 Å². The Labute approximate surface area is 111 Å². The van der Waals surface area contributed by atoms with E-state index in [0.717, 1.165) is 11.8 Å². The van der Waals surface area contributed by atoms with Gasteiger partial charge in [-0.05, 0) is 30.9 Å². The van der Waals surface area contributed by atoms with Crippen molar-refractivity contribution in [1.29, 1.82) is 0 Å². The molecule has 1 aromatic carbocycles. The zero-order chi connectivity index (χ0) is 12.8. The summed E-state index contributed by atoms with van der Waals surface area (Å²) in [6, 6.07) is 7.09. The van der Waals surface area contributed by atoms with Crippen molar-refractivity contribution < 1.29 is 5.11 Å². The molecule has 100 valence electrons. The van der Waals surface area contributed by atoms with Crippen LogP contribution >= 0.6 is 0 Å². The highest BCUT2D eigenvalue weighted by Gasteiger charge is 2.26. The number of phenolic OH excluding ortho intramolecular Hbond substituents is 1. The molecule has 0 heterocycles. The van der Waals surface area contributed by atoms with E-state index in [2.05, 4.69) is 0 Å². The van der Waals surface area contributed by atoms with Crippen molar-refractivity contribution in [3.05, 3.63) is 29.8 Å². The lowest BCUT2D eigenvalue weighted by Crippen LogP contribution is -2.22. The highest BCUT2D eigenvalue weighted by Crippen LogP contribution is 2.39. The maximum atomic E-state index is 8.76. The highest BCUT2D eigenvalue weighted by molar-refractivity contribution is 5.24. The molecular formula is C17H26O. The van der Waals surface area contributed by atoms with E-state index in [1.54, 1.807) is 37.8 Å². The summed E-state index contributed by atoms with van der Waals surface area (Å²) < 4.78 is 0. The quantitative estimate of drug-likeness (QED) is 0.677. The minimum absolute atomic E-state index is 0.329. The standard InChI is InChI=1S/C10H18.C7H8O/c1-2-6-10-8-4-3-7-9(10)5-1;1-6-2-4-7(8)5-3-6/h9-10H,1-8H2;2-5,8H,1H3. The second-order valence-corrected chi connectivity index (χ2v) is 5.92. The Morgan fingerprint density at radius 3 is 1.50 bits per heavy atom. The lowest BCUT2D eigenvalue weighted by Gasteiger charge is -2.35. The molecule has 0 saturated heterocycles. The van der Waals surface area contributed by atoms with Gasteiger partial charge in [-0.2, -0.15) is 0 Å². The molecule has 1 heteroatoms. The maximum Gasteiger partial charge on any atom is 0.115 e. The first-order chi connectivity index (χ1) is 8.75. The first-order valence-electron chi connectivity index (χ1n) is 7.51. The van der Waals surface area contributed by atoms with Crippen LogP contribution in [0.1, 0.15) is 56.9 Å². The number of rotatable bonds is 0. The van der Waals surface area contributed by atoms with Crippen LogP contribution in [0.2, 0.25) is 0 Å². The monoisotopic (exact) mass is 246 g/mol. The van der Waals surface area contributed by atoms with E-state index in [1.807, 2.05) is 19.1 Å². The first-order valence-corrected chi connectivity index (χ1v) is 7.51. The molecular weight excluding hydrogens is 220 g/mol. The Balaban J connectivity index is 0.000000138. The van der Waals surface area contributed by atoms with Crippen molar-refractivity contribution in [1.82, 2.24) is 0 Å². The molecule has 0 spiro atoms. The van der Waals surface area contributed by atoms with Crippen molar-refractivity contribution in [3.63, 3.8) is 0 Å². The Morgan fingerprint density at radius 1 is 0.778 bits per heavy atom. The minimum Gasteiger partial charge on any atom is -0.508 e. The topological polar surface area (TPSA) is 20.2 Å². The van der Waals surface area contributed by atoms with Gasteiger partial charge in [0.05, 0.1) is 0 Å². The predicted molar refractivity (Wildman–Crippen MR) is 76.8 cm³/mol. The smallest absolute Gasteiger partial charge is 0.115 e. The molecule has 0 unspecified atom stereocenters. The summed E-state index contributed by atoms with van der Waals surface area (Å²) in [6.07, 6.45) is 12.4. The van der Waals surface area contributed by atoms with E-state index in [1.165, 1.54) is 31.2 Å². The fraction of sp³-hybridized carbons (Fsp3) is 0.647. The Kier molecular flexibility index (Phi) is 5.10. The molecule has 1 aromatic rings. The zero-order valence-electron chi connectivity index (χ0n) is 11.6. The average Bonchev–Trinajstić information content (AvgIpc) is 2.43. The fourth-order valence-electron chi connectivity index (χ4n) is 3.40. The summed E-state index contributed by atoms with van der Waals surface area (Å²) in [5.74, 6) is 2.64. The van der Waals surface area contributed by atoms with Gasteiger partial charge in [0.1, 0.15) is 5.75 Å². The second kappa shape index (κ2) is 6.82. The average molecular weight is 246 g/mol. The van der Waals surface area contributed by atoms with Gasteiger partial charge < -0.3 is 5.11 Å². The molecule has 1 N–H and O–H groups in total. The van der Waals surface area contributed by atoms with Crippen LogP contribution < -0.4 is 0 Å². The third kappa shape index (κ3) is 4.04. The summed E-state index contributed by atoms with van der Waals surface area (Å²) in [4.78, 5) is 0. The van der Waals surface area contributed by atoms with Gasteiger partial charge in [0, 0.05) is 0 Å². The number of hydrogen-bond acceptors (Lipinski definition) is 1. The predicted octanol–water partition coefficient (Wildman–Crippen LogP) is 5.07. The van der Waals surface area contributed by atoms with Crippen LogP contribution in [0, 0.1) is 18.8 Å². The summed E-state index contributed by atoms with van der Waals surface area (Å²) in [7, 11) is 0. The Bertz CT molecular complexity index is 294. The Morgan fingerprint density at radius 2 is 1.17 bits per heavy atom. The Hall–Kier alpha value is -0.980. The molecule has 2 saturated carbocycles. The molecule has 0 aromatic heterocycles. The van der Waals surface area contributed by atoms with Crippen molar-refractivity contribution in [2.24, 2.45) is 11.8 Å². The molecule has 0 atom stereocenters. The first kappa shape index (κ1) is 13.5. The second-order valence-electron chi connectivity index (χ2n) is 5.92. The molecule has 0 amide bonds. The van der Waals surface area contributed by atoms with Gasteiger partial charge in [-0.15, -0.1) is 0 Å². The molecule has 0 radical (unpaired) electrons. The number of hydrogen-bond donors (Lipinski definition) is 1. The lowest BCUT2D eigenvalue weighted by atomic mass is 9.71. The molecule has 2 fully saturated rings. The number of fused-ring (bicyclic) bond motifs is 1. The van der Waals surface area contributed by atoms with Crippen LogP contribution in [0.25, 0.3) is 0 Å². The van der Waals surface area contributed by atoms with E-state index in [-0.39, 0.29) is 0 Å². The number of phenols is 1. The molecule has 1 nitrogen and oxygen atoms in total. The van der Waals surface area contributed by atoms with E-state index in [4.69, 9.17) is 5.11 Å². The molecule has 2 aliphatic rings. The largest absolute Gasteiger partial charge is 0.508 e. The van der Waals surface area contributed by atoms with E-state index < -0.39 is 0 Å². The SMILES string of the molecule is C1CCC2CCCCC2C1.Cc1ccc(O)cc1. The van der Waals surface area contributed by atoms with Gasteiger partial charge in [-0.3, -0.25) is 0 Å². The van der Waals surface area contributed by atoms with Crippen LogP contribution in [0.3, 0.4) is 0 Å². The van der Waals surface area contributed by atoms with Crippen molar-refractivity contribution in [2.75, 3.05) is 0 Å². The number of aromatic hydroxyl groups is 1. The molecule has 0 aliphatic heterocycles. The number of aryl methyl sites for hydroxylation is 1. The van der Waals surface area contributed by atoms with Crippen LogP contribution in [0.4, 0.5) is 0 Å². The van der Waals surface area contributed by atoms with Gasteiger partial charge in [0.15, 0.2) is 0 Å². The number of benzene rings is 1. The molecule has 2 aliphatic carbocycles. The van der Waals surface area contributed by atoms with Crippen molar-refractivity contribution in [3.8, 4) is 5.75 Å². The van der Waals surface area contributed by atoms with Gasteiger partial charge >= 0.3 is 0 Å². The fourth-order valence-corrected chi connectivity index (χ4v) is 3.40. The molecule has 18 heavy (non-hydrogen) atoms. The van der Waals surface area contributed by atoms with E-state index in [9.17, 15) is 0 Å². The van der Waals surface area contributed by atoms with E-state index >= 15 is 0 Å². The minimum atomic E-state index is 0.329. The molecule has 3 rings (SSSR count). The third-order valence-corrected chi connectivity index (χ3v) is 4.50. The van der Waals surface area contributed by atoms with Crippen molar-refractivity contribution >= 4 is 0 Å². The summed E-state index contributed by atoms with van der Waals surface area (Å²) in [6.45, 7) is 1.99. The summed E-state index contributed by atoms with van der Waals surface area (Å²) >= 11 is 0. The van der Waals surface area contributed by atoms with Crippen LogP contribution in [0.5, 0.6) is 5.75 Å². The van der Waals surface area contributed by atoms with Crippen molar-refractivity contribution in [2.45, 2.75) is 58.3 Å².